The van der Waals surface area contributed by atoms with Crippen LogP contribution in [0.2, 0.25) is 0 Å². The molecule has 0 aliphatic heterocycles. The van der Waals surface area contributed by atoms with Crippen LogP contribution in [0.25, 0.3) is 0 Å². The lowest BCUT2D eigenvalue weighted by Gasteiger charge is -2.29. The predicted molar refractivity (Wildman–Crippen MR) is 55.6 cm³/mol. The van der Waals surface area contributed by atoms with Crippen molar-refractivity contribution in [3.8, 4) is 0 Å². The van der Waals surface area contributed by atoms with E-state index < -0.39 is 5.79 Å². The average molecular weight is 248 g/mol. The summed E-state index contributed by atoms with van der Waals surface area (Å²) < 4.78 is 4.96. The second-order valence-electron chi connectivity index (χ2n) is 2.97. The fourth-order valence-electron chi connectivity index (χ4n) is 1.20. The molecule has 1 aliphatic rings. The minimum Gasteiger partial charge on any atom is -0.361 e. The molecule has 3 N–H and O–H groups in total. The highest BCUT2D eigenvalue weighted by Gasteiger charge is 2.33. The summed E-state index contributed by atoms with van der Waals surface area (Å²) in [5.74, 6) is -1.22. The van der Waals surface area contributed by atoms with E-state index in [0.717, 1.165) is 12.0 Å². The first-order valence-electron chi connectivity index (χ1n) is 4.14. The van der Waals surface area contributed by atoms with Crippen LogP contribution in [0.15, 0.2) is 23.8 Å². The van der Waals surface area contributed by atoms with Gasteiger partial charge in [0.05, 0.1) is 4.83 Å². The third-order valence-electron chi connectivity index (χ3n) is 2.05. The van der Waals surface area contributed by atoms with Gasteiger partial charge in [-0.25, -0.2) is 0 Å². The summed E-state index contributed by atoms with van der Waals surface area (Å²) in [7, 11) is 1.47. The molecule has 0 saturated heterocycles. The van der Waals surface area contributed by atoms with Crippen molar-refractivity contribution in [1.29, 1.82) is 0 Å². The normalized spacial score (nSPS) is 33.2. The molecule has 0 heterocycles. The first kappa shape index (κ1) is 10.9. The van der Waals surface area contributed by atoms with Crippen molar-refractivity contribution in [3.63, 3.8) is 0 Å². The standard InChI is InChI=1S/C9H14BrNO2/c1-13-9(12)4-2-7(3-5-11)6-8(9)10/h2,4,6,8,12H,3,5,11H2,1H3. The van der Waals surface area contributed by atoms with E-state index in [4.69, 9.17) is 10.5 Å². The summed E-state index contributed by atoms with van der Waals surface area (Å²) in [5, 5.41) is 9.80. The number of rotatable bonds is 3. The first-order chi connectivity index (χ1) is 6.12. The van der Waals surface area contributed by atoms with Crippen molar-refractivity contribution < 1.29 is 9.84 Å². The number of ether oxygens (including phenoxy) is 1. The number of nitrogens with two attached hydrogens (primary N) is 1. The van der Waals surface area contributed by atoms with Gasteiger partial charge in [-0.05, 0) is 24.6 Å². The van der Waals surface area contributed by atoms with E-state index in [2.05, 4.69) is 15.9 Å². The van der Waals surface area contributed by atoms with Gasteiger partial charge in [-0.3, -0.25) is 0 Å². The highest BCUT2D eigenvalue weighted by atomic mass is 79.9. The third kappa shape index (κ3) is 2.40. The van der Waals surface area contributed by atoms with Gasteiger partial charge in [0.2, 0.25) is 5.79 Å². The fraction of sp³-hybridized carbons (Fsp3) is 0.556. The molecule has 1 rings (SSSR count). The van der Waals surface area contributed by atoms with Gasteiger partial charge in [0.1, 0.15) is 0 Å². The Balaban J connectivity index is 2.72. The highest BCUT2D eigenvalue weighted by molar-refractivity contribution is 9.09. The van der Waals surface area contributed by atoms with Gasteiger partial charge in [-0.2, -0.15) is 0 Å². The first-order valence-corrected chi connectivity index (χ1v) is 5.05. The molecule has 0 spiro atoms. The van der Waals surface area contributed by atoms with Crippen molar-refractivity contribution in [2.75, 3.05) is 13.7 Å². The van der Waals surface area contributed by atoms with Crippen LogP contribution in [0.4, 0.5) is 0 Å². The van der Waals surface area contributed by atoms with Crippen molar-refractivity contribution in [2.45, 2.75) is 17.0 Å². The van der Waals surface area contributed by atoms with Crippen molar-refractivity contribution in [2.24, 2.45) is 5.73 Å². The van der Waals surface area contributed by atoms with Crippen LogP contribution in [-0.2, 0) is 4.74 Å². The highest BCUT2D eigenvalue weighted by Crippen LogP contribution is 2.28. The largest absolute Gasteiger partial charge is 0.361 e. The molecule has 0 aromatic carbocycles. The van der Waals surface area contributed by atoms with Gasteiger partial charge < -0.3 is 15.6 Å². The Hall–Kier alpha value is -0.160. The van der Waals surface area contributed by atoms with E-state index in [-0.39, 0.29) is 4.83 Å². The molecule has 2 unspecified atom stereocenters. The molecule has 74 valence electrons. The third-order valence-corrected chi connectivity index (χ3v) is 2.97. The quantitative estimate of drug-likeness (QED) is 0.577. The van der Waals surface area contributed by atoms with Crippen molar-refractivity contribution >= 4 is 15.9 Å². The van der Waals surface area contributed by atoms with E-state index in [1.165, 1.54) is 7.11 Å². The van der Waals surface area contributed by atoms with Crippen LogP contribution in [0.1, 0.15) is 6.42 Å². The monoisotopic (exact) mass is 247 g/mol. The second kappa shape index (κ2) is 4.37. The molecule has 0 aromatic heterocycles. The Morgan fingerprint density at radius 3 is 2.92 bits per heavy atom. The van der Waals surface area contributed by atoms with Crippen molar-refractivity contribution in [1.82, 2.24) is 0 Å². The summed E-state index contributed by atoms with van der Waals surface area (Å²) in [6.07, 6.45) is 6.21. The minimum atomic E-state index is -1.22. The van der Waals surface area contributed by atoms with E-state index in [9.17, 15) is 5.11 Å². The van der Waals surface area contributed by atoms with E-state index >= 15 is 0 Å². The zero-order chi connectivity index (χ0) is 9.90. The molecule has 0 radical (unpaired) electrons. The molecule has 1 aliphatic carbocycles. The molecule has 3 nitrogen and oxygen atoms in total. The number of allylic oxidation sites excluding steroid dienone is 1. The molecule has 0 amide bonds. The summed E-state index contributed by atoms with van der Waals surface area (Å²) in [4.78, 5) is -0.212. The van der Waals surface area contributed by atoms with E-state index in [1.54, 1.807) is 6.08 Å². The Bertz CT molecular complexity index is 240. The molecular formula is C9H14BrNO2. The lowest BCUT2D eigenvalue weighted by atomic mass is 10.00. The summed E-state index contributed by atoms with van der Waals surface area (Å²) >= 11 is 3.34. The molecular weight excluding hydrogens is 234 g/mol. The van der Waals surface area contributed by atoms with Gasteiger partial charge in [-0.15, -0.1) is 0 Å². The number of hydrogen-bond acceptors (Lipinski definition) is 3. The van der Waals surface area contributed by atoms with Gasteiger partial charge in [-0.1, -0.05) is 28.1 Å². The zero-order valence-electron chi connectivity index (χ0n) is 7.53. The maximum atomic E-state index is 9.80. The van der Waals surface area contributed by atoms with E-state index in [0.29, 0.717) is 6.54 Å². The zero-order valence-corrected chi connectivity index (χ0v) is 9.12. The number of hydrogen-bond donors (Lipinski definition) is 2. The molecule has 2 atom stereocenters. The molecule has 13 heavy (non-hydrogen) atoms. The topological polar surface area (TPSA) is 55.5 Å². The summed E-state index contributed by atoms with van der Waals surface area (Å²) in [5.41, 5.74) is 6.54. The van der Waals surface area contributed by atoms with Gasteiger partial charge in [0.25, 0.3) is 0 Å². The van der Waals surface area contributed by atoms with Crippen LogP contribution >= 0.6 is 15.9 Å². The fourth-order valence-corrected chi connectivity index (χ4v) is 1.87. The number of alkyl halides is 1. The number of halogens is 1. The second-order valence-corrected chi connectivity index (χ2v) is 3.96. The Kier molecular flexibility index (Phi) is 3.67. The van der Waals surface area contributed by atoms with Crippen LogP contribution in [0.3, 0.4) is 0 Å². The SMILES string of the molecule is COC1(O)C=CC(CCN)=CC1Br. The lowest BCUT2D eigenvalue weighted by molar-refractivity contribution is -0.138. The van der Waals surface area contributed by atoms with E-state index in [1.807, 2.05) is 12.2 Å². The van der Waals surface area contributed by atoms with Gasteiger partial charge in [0.15, 0.2) is 0 Å². The lowest BCUT2D eigenvalue weighted by Crippen LogP contribution is -2.39. The van der Waals surface area contributed by atoms with Crippen molar-refractivity contribution in [3.05, 3.63) is 23.8 Å². The molecule has 4 heteroatoms. The minimum absolute atomic E-state index is 0.212. The molecule has 0 saturated carbocycles. The number of aliphatic hydroxyl groups is 1. The van der Waals surface area contributed by atoms with Gasteiger partial charge in [0, 0.05) is 7.11 Å². The average Bonchev–Trinajstić information content (AvgIpc) is 2.12. The van der Waals surface area contributed by atoms with Crippen LogP contribution < -0.4 is 5.73 Å². The van der Waals surface area contributed by atoms with Gasteiger partial charge >= 0.3 is 0 Å². The summed E-state index contributed by atoms with van der Waals surface area (Å²) in [6.45, 7) is 0.612. The predicted octanol–water partition coefficient (Wildman–Crippen LogP) is 0.930. The smallest absolute Gasteiger partial charge is 0.201 e. The van der Waals surface area contributed by atoms with Crippen LogP contribution in [0, 0.1) is 0 Å². The summed E-state index contributed by atoms with van der Waals surface area (Å²) in [6, 6.07) is 0. The molecule has 0 aromatic rings. The Morgan fingerprint density at radius 2 is 2.46 bits per heavy atom. The van der Waals surface area contributed by atoms with Crippen LogP contribution in [0.5, 0.6) is 0 Å². The Morgan fingerprint density at radius 1 is 1.77 bits per heavy atom. The molecule has 0 bridgehead atoms. The number of methoxy groups -OCH3 is 1. The van der Waals surface area contributed by atoms with Crippen LogP contribution in [-0.4, -0.2) is 29.4 Å². The molecule has 0 fully saturated rings. The maximum Gasteiger partial charge on any atom is 0.201 e. The Labute approximate surface area is 86.4 Å². The maximum absolute atomic E-state index is 9.80.